The SMILES string of the molecule is COC(=O)c1nc(-c2ccc(F)cc2)sc1C(C)=O. The number of carbonyl (C=O) groups is 2. The molecule has 1 aromatic carbocycles. The number of methoxy groups -OCH3 is 1. The van der Waals surface area contributed by atoms with Crippen molar-refractivity contribution in [2.75, 3.05) is 7.11 Å². The largest absolute Gasteiger partial charge is 0.464 e. The average molecular weight is 279 g/mol. The summed E-state index contributed by atoms with van der Waals surface area (Å²) < 4.78 is 17.4. The van der Waals surface area contributed by atoms with E-state index < -0.39 is 5.97 Å². The highest BCUT2D eigenvalue weighted by Gasteiger charge is 2.22. The van der Waals surface area contributed by atoms with Gasteiger partial charge in [-0.3, -0.25) is 4.79 Å². The van der Waals surface area contributed by atoms with Gasteiger partial charge in [0, 0.05) is 12.5 Å². The molecule has 0 radical (unpaired) electrons. The van der Waals surface area contributed by atoms with Gasteiger partial charge in [-0.2, -0.15) is 0 Å². The maximum Gasteiger partial charge on any atom is 0.358 e. The van der Waals surface area contributed by atoms with Crippen LogP contribution in [0.3, 0.4) is 0 Å². The molecule has 0 aliphatic heterocycles. The van der Waals surface area contributed by atoms with Crippen molar-refractivity contribution in [1.82, 2.24) is 4.98 Å². The van der Waals surface area contributed by atoms with Crippen LogP contribution < -0.4 is 0 Å². The molecule has 98 valence electrons. The summed E-state index contributed by atoms with van der Waals surface area (Å²) in [6.07, 6.45) is 0. The molecule has 1 aromatic heterocycles. The fourth-order valence-electron chi connectivity index (χ4n) is 1.51. The minimum absolute atomic E-state index is 0.000625. The van der Waals surface area contributed by atoms with Crippen LogP contribution in [0.25, 0.3) is 10.6 Å². The van der Waals surface area contributed by atoms with Crippen molar-refractivity contribution in [2.45, 2.75) is 6.92 Å². The minimum Gasteiger partial charge on any atom is -0.464 e. The van der Waals surface area contributed by atoms with Crippen LogP contribution in [-0.4, -0.2) is 23.8 Å². The molecule has 0 N–H and O–H groups in total. The number of nitrogens with zero attached hydrogens (tertiary/aromatic N) is 1. The van der Waals surface area contributed by atoms with Crippen molar-refractivity contribution in [3.05, 3.63) is 40.7 Å². The van der Waals surface area contributed by atoms with E-state index in [1.165, 1.54) is 26.2 Å². The van der Waals surface area contributed by atoms with Crippen LogP contribution in [0.1, 0.15) is 27.1 Å². The third kappa shape index (κ3) is 2.68. The molecule has 6 heteroatoms. The number of halogens is 1. The topological polar surface area (TPSA) is 56.3 Å². The normalized spacial score (nSPS) is 10.3. The van der Waals surface area contributed by atoms with Crippen molar-refractivity contribution in [3.63, 3.8) is 0 Å². The molecule has 0 unspecified atom stereocenters. The highest BCUT2D eigenvalue weighted by molar-refractivity contribution is 7.17. The van der Waals surface area contributed by atoms with Gasteiger partial charge in [-0.1, -0.05) is 0 Å². The summed E-state index contributed by atoms with van der Waals surface area (Å²) in [6.45, 7) is 1.36. The lowest BCUT2D eigenvalue weighted by Crippen LogP contribution is -2.06. The van der Waals surface area contributed by atoms with Crippen LogP contribution in [0.15, 0.2) is 24.3 Å². The van der Waals surface area contributed by atoms with Crippen LogP contribution in [0.5, 0.6) is 0 Å². The van der Waals surface area contributed by atoms with Gasteiger partial charge in [-0.25, -0.2) is 14.2 Å². The molecule has 19 heavy (non-hydrogen) atoms. The van der Waals surface area contributed by atoms with Gasteiger partial charge in [0.25, 0.3) is 0 Å². The van der Waals surface area contributed by atoms with Gasteiger partial charge in [0.2, 0.25) is 0 Å². The number of ether oxygens (including phenoxy) is 1. The fraction of sp³-hybridized carbons (Fsp3) is 0.154. The van der Waals surface area contributed by atoms with Crippen molar-refractivity contribution >= 4 is 23.1 Å². The zero-order valence-corrected chi connectivity index (χ0v) is 11.1. The van der Waals surface area contributed by atoms with Crippen molar-refractivity contribution < 1.29 is 18.7 Å². The van der Waals surface area contributed by atoms with Gasteiger partial charge in [0.15, 0.2) is 11.5 Å². The highest BCUT2D eigenvalue weighted by atomic mass is 32.1. The highest BCUT2D eigenvalue weighted by Crippen LogP contribution is 2.29. The third-order valence-electron chi connectivity index (χ3n) is 2.42. The quantitative estimate of drug-likeness (QED) is 0.640. The second-order valence-corrected chi connectivity index (χ2v) is 4.75. The van der Waals surface area contributed by atoms with Crippen molar-refractivity contribution in [3.8, 4) is 10.6 Å². The summed E-state index contributed by atoms with van der Waals surface area (Å²) in [4.78, 5) is 27.4. The first-order chi connectivity index (χ1) is 9.02. The first-order valence-electron chi connectivity index (χ1n) is 5.39. The number of benzene rings is 1. The summed E-state index contributed by atoms with van der Waals surface area (Å²) in [5, 5.41) is 0.477. The van der Waals surface area contributed by atoms with E-state index in [4.69, 9.17) is 0 Å². The number of rotatable bonds is 3. The Morgan fingerprint density at radius 1 is 1.26 bits per heavy atom. The predicted molar refractivity (Wildman–Crippen MR) is 68.9 cm³/mol. The average Bonchev–Trinajstić information content (AvgIpc) is 2.84. The summed E-state index contributed by atoms with van der Waals surface area (Å²) >= 11 is 1.09. The Balaban J connectivity index is 2.51. The molecule has 2 rings (SSSR count). The molecule has 4 nitrogen and oxygen atoms in total. The lowest BCUT2D eigenvalue weighted by molar-refractivity contribution is 0.0591. The van der Waals surface area contributed by atoms with Crippen LogP contribution in [0, 0.1) is 5.82 Å². The first-order valence-corrected chi connectivity index (χ1v) is 6.20. The van der Waals surface area contributed by atoms with E-state index in [-0.39, 0.29) is 22.2 Å². The third-order valence-corrected chi connectivity index (χ3v) is 3.62. The van der Waals surface area contributed by atoms with E-state index in [1.54, 1.807) is 12.1 Å². The number of thiazole rings is 1. The zero-order valence-electron chi connectivity index (χ0n) is 10.3. The number of hydrogen-bond donors (Lipinski definition) is 0. The van der Waals surface area contributed by atoms with Gasteiger partial charge in [0.1, 0.15) is 15.7 Å². The number of esters is 1. The Morgan fingerprint density at radius 3 is 2.42 bits per heavy atom. The lowest BCUT2D eigenvalue weighted by Gasteiger charge is -1.95. The van der Waals surface area contributed by atoms with Crippen LogP contribution in [-0.2, 0) is 4.74 Å². The molecular weight excluding hydrogens is 269 g/mol. The van der Waals surface area contributed by atoms with Crippen molar-refractivity contribution in [1.29, 1.82) is 0 Å². The van der Waals surface area contributed by atoms with E-state index in [2.05, 4.69) is 9.72 Å². The molecule has 0 spiro atoms. The summed E-state index contributed by atoms with van der Waals surface area (Å²) in [6, 6.07) is 5.67. The molecule has 0 aliphatic rings. The monoisotopic (exact) mass is 279 g/mol. The predicted octanol–water partition coefficient (Wildman–Crippen LogP) is 2.94. The number of carbonyl (C=O) groups excluding carboxylic acids is 2. The standard InChI is InChI=1S/C13H10FNO3S/c1-7(16)11-10(13(17)18-2)15-12(19-11)8-3-5-9(14)6-4-8/h3-6H,1-2H3. The Kier molecular flexibility index (Phi) is 3.71. The fourth-order valence-corrected chi connectivity index (χ4v) is 2.46. The molecule has 0 saturated carbocycles. The Morgan fingerprint density at radius 2 is 1.89 bits per heavy atom. The molecule has 0 bridgehead atoms. The number of Topliss-reactive ketones (excluding diaryl/α,β-unsaturated/α-hetero) is 1. The van der Waals surface area contributed by atoms with Gasteiger partial charge in [-0.15, -0.1) is 11.3 Å². The maximum absolute atomic E-state index is 12.9. The van der Waals surface area contributed by atoms with E-state index >= 15 is 0 Å². The molecule has 1 heterocycles. The van der Waals surface area contributed by atoms with E-state index in [0.29, 0.717) is 10.6 Å². The van der Waals surface area contributed by atoms with Gasteiger partial charge in [0.05, 0.1) is 7.11 Å². The second kappa shape index (κ2) is 5.27. The van der Waals surface area contributed by atoms with Crippen LogP contribution in [0.2, 0.25) is 0 Å². The Bertz CT molecular complexity index is 634. The van der Waals surface area contributed by atoms with Gasteiger partial charge in [-0.05, 0) is 24.3 Å². The molecule has 0 atom stereocenters. The molecule has 0 amide bonds. The van der Waals surface area contributed by atoms with Crippen LogP contribution >= 0.6 is 11.3 Å². The minimum atomic E-state index is -0.658. The molecule has 0 saturated heterocycles. The smallest absolute Gasteiger partial charge is 0.358 e. The summed E-state index contributed by atoms with van der Waals surface area (Å²) in [5.74, 6) is -1.28. The van der Waals surface area contributed by atoms with E-state index in [9.17, 15) is 14.0 Å². The zero-order chi connectivity index (χ0) is 14.0. The number of aromatic nitrogens is 1. The Hall–Kier alpha value is -2.08. The summed E-state index contributed by atoms with van der Waals surface area (Å²) in [5.41, 5.74) is 0.642. The van der Waals surface area contributed by atoms with Crippen LogP contribution in [0.4, 0.5) is 4.39 Å². The number of ketones is 1. The van der Waals surface area contributed by atoms with Gasteiger partial charge >= 0.3 is 5.97 Å². The lowest BCUT2D eigenvalue weighted by atomic mass is 10.2. The van der Waals surface area contributed by atoms with Gasteiger partial charge < -0.3 is 4.74 Å². The molecule has 0 fully saturated rings. The summed E-state index contributed by atoms with van der Waals surface area (Å²) in [7, 11) is 1.23. The first kappa shape index (κ1) is 13.4. The molecule has 0 aliphatic carbocycles. The number of hydrogen-bond acceptors (Lipinski definition) is 5. The van der Waals surface area contributed by atoms with E-state index in [0.717, 1.165) is 11.3 Å². The van der Waals surface area contributed by atoms with E-state index in [1.807, 2.05) is 0 Å². The maximum atomic E-state index is 12.9. The van der Waals surface area contributed by atoms with Crippen molar-refractivity contribution in [2.24, 2.45) is 0 Å². The Labute approximate surface area is 112 Å². The second-order valence-electron chi connectivity index (χ2n) is 3.75. The molecule has 2 aromatic rings. The molecular formula is C13H10FNO3S.